The van der Waals surface area contributed by atoms with Gasteiger partial charge in [0.1, 0.15) is 0 Å². The van der Waals surface area contributed by atoms with Crippen molar-refractivity contribution in [2.75, 3.05) is 13.7 Å². The van der Waals surface area contributed by atoms with Crippen LogP contribution in [0.15, 0.2) is 53.2 Å². The Bertz CT molecular complexity index is 438. The minimum absolute atomic E-state index is 0.182. The molecular formula is C16H22N2OS. The highest BCUT2D eigenvalue weighted by molar-refractivity contribution is 7.95. The van der Waals surface area contributed by atoms with Gasteiger partial charge < -0.3 is 9.50 Å². The Kier molecular flexibility index (Phi) is 6.68. The maximum absolute atomic E-state index is 5.15. The van der Waals surface area contributed by atoms with Crippen molar-refractivity contribution in [1.29, 1.82) is 0 Å². The SMILES string of the molecule is COSC1C=CC=CC1N=CCCNC1=CC=CCC1. The molecule has 2 aliphatic rings. The molecule has 0 bridgehead atoms. The van der Waals surface area contributed by atoms with Gasteiger partial charge in [-0.1, -0.05) is 36.5 Å². The molecule has 0 heterocycles. The minimum atomic E-state index is 0.182. The van der Waals surface area contributed by atoms with E-state index in [1.54, 1.807) is 7.11 Å². The van der Waals surface area contributed by atoms with E-state index >= 15 is 0 Å². The maximum atomic E-state index is 5.15. The van der Waals surface area contributed by atoms with E-state index in [-0.39, 0.29) is 11.3 Å². The van der Waals surface area contributed by atoms with Crippen molar-refractivity contribution >= 4 is 18.3 Å². The summed E-state index contributed by atoms with van der Waals surface area (Å²) in [6.07, 6.45) is 20.0. The molecular weight excluding hydrogens is 268 g/mol. The number of hydrogen-bond donors (Lipinski definition) is 1. The van der Waals surface area contributed by atoms with Crippen LogP contribution in [-0.2, 0) is 4.18 Å². The zero-order valence-corrected chi connectivity index (χ0v) is 12.7. The summed E-state index contributed by atoms with van der Waals surface area (Å²) in [5.74, 6) is 0. The van der Waals surface area contributed by atoms with Gasteiger partial charge in [0.2, 0.25) is 0 Å². The summed E-state index contributed by atoms with van der Waals surface area (Å²) in [5, 5.41) is 3.73. The Morgan fingerprint density at radius 3 is 3.10 bits per heavy atom. The molecule has 0 saturated carbocycles. The normalized spacial score (nSPS) is 25.1. The van der Waals surface area contributed by atoms with Crippen LogP contribution in [0.5, 0.6) is 0 Å². The van der Waals surface area contributed by atoms with Crippen molar-refractivity contribution in [3.05, 3.63) is 48.2 Å². The second kappa shape index (κ2) is 8.82. The summed E-state index contributed by atoms with van der Waals surface area (Å²) in [6, 6.07) is 0.182. The molecule has 20 heavy (non-hydrogen) atoms. The summed E-state index contributed by atoms with van der Waals surface area (Å²) in [6.45, 7) is 0.942. The second-order valence-electron chi connectivity index (χ2n) is 4.69. The maximum Gasteiger partial charge on any atom is 0.0855 e. The zero-order chi connectivity index (χ0) is 14.0. The third kappa shape index (κ3) is 5.02. The Labute approximate surface area is 125 Å². The molecule has 4 heteroatoms. The number of nitrogens with zero attached hydrogens (tertiary/aromatic N) is 1. The fourth-order valence-corrected chi connectivity index (χ4v) is 2.80. The van der Waals surface area contributed by atoms with E-state index in [1.165, 1.54) is 17.7 Å². The van der Waals surface area contributed by atoms with E-state index in [1.807, 2.05) is 18.4 Å². The molecule has 0 aromatic carbocycles. The molecule has 2 atom stereocenters. The van der Waals surface area contributed by atoms with Crippen LogP contribution in [0, 0.1) is 0 Å². The summed E-state index contributed by atoms with van der Waals surface area (Å²) in [7, 11) is 1.70. The molecule has 0 amide bonds. The van der Waals surface area contributed by atoms with Crippen LogP contribution < -0.4 is 5.32 Å². The van der Waals surface area contributed by atoms with E-state index in [0.717, 1.165) is 25.8 Å². The van der Waals surface area contributed by atoms with E-state index in [4.69, 9.17) is 4.18 Å². The molecule has 2 aliphatic carbocycles. The first kappa shape index (κ1) is 15.1. The number of nitrogens with one attached hydrogen (secondary N) is 1. The average Bonchev–Trinajstić information content (AvgIpc) is 2.50. The van der Waals surface area contributed by atoms with Gasteiger partial charge in [0.15, 0.2) is 0 Å². The van der Waals surface area contributed by atoms with E-state index in [9.17, 15) is 0 Å². The van der Waals surface area contributed by atoms with Crippen molar-refractivity contribution in [3.8, 4) is 0 Å². The molecule has 0 spiro atoms. The van der Waals surface area contributed by atoms with E-state index < -0.39 is 0 Å². The highest BCUT2D eigenvalue weighted by Crippen LogP contribution is 2.22. The molecule has 2 unspecified atom stereocenters. The van der Waals surface area contributed by atoms with Crippen LogP contribution in [0.25, 0.3) is 0 Å². The van der Waals surface area contributed by atoms with Crippen LogP contribution in [0.1, 0.15) is 19.3 Å². The van der Waals surface area contributed by atoms with Crippen molar-refractivity contribution < 1.29 is 4.18 Å². The van der Waals surface area contributed by atoms with Gasteiger partial charge in [0.05, 0.1) is 18.4 Å². The van der Waals surface area contributed by atoms with Crippen LogP contribution in [-0.4, -0.2) is 31.2 Å². The molecule has 0 fully saturated rings. The monoisotopic (exact) mass is 290 g/mol. The molecule has 2 rings (SSSR count). The highest BCUT2D eigenvalue weighted by Gasteiger charge is 2.17. The molecule has 1 N–H and O–H groups in total. The average molecular weight is 290 g/mol. The number of hydrogen-bond acceptors (Lipinski definition) is 4. The molecule has 0 radical (unpaired) electrons. The Morgan fingerprint density at radius 1 is 1.40 bits per heavy atom. The Morgan fingerprint density at radius 2 is 2.30 bits per heavy atom. The fourth-order valence-electron chi connectivity index (χ4n) is 2.15. The van der Waals surface area contributed by atoms with Crippen molar-refractivity contribution in [3.63, 3.8) is 0 Å². The van der Waals surface area contributed by atoms with E-state index in [0.29, 0.717) is 0 Å². The molecule has 3 nitrogen and oxygen atoms in total. The molecule has 0 aromatic heterocycles. The fraction of sp³-hybridized carbons (Fsp3) is 0.438. The van der Waals surface area contributed by atoms with Crippen LogP contribution >= 0.6 is 12.0 Å². The lowest BCUT2D eigenvalue weighted by molar-refractivity contribution is 0.484. The molecule has 108 valence electrons. The number of allylic oxidation sites excluding steroid dienone is 6. The summed E-state index contributed by atoms with van der Waals surface area (Å²) in [5.41, 5.74) is 1.33. The number of aliphatic imine (C=N–C) groups is 1. The molecule has 0 aliphatic heterocycles. The Balaban J connectivity index is 1.69. The van der Waals surface area contributed by atoms with Gasteiger partial charge in [0.25, 0.3) is 0 Å². The zero-order valence-electron chi connectivity index (χ0n) is 11.9. The van der Waals surface area contributed by atoms with Gasteiger partial charge in [0, 0.05) is 30.5 Å². The van der Waals surface area contributed by atoms with Gasteiger partial charge in [-0.25, -0.2) is 0 Å². The second-order valence-corrected chi connectivity index (χ2v) is 5.76. The predicted octanol–water partition coefficient (Wildman–Crippen LogP) is 3.43. The minimum Gasteiger partial charge on any atom is -0.388 e. The van der Waals surface area contributed by atoms with Gasteiger partial charge in [-0.3, -0.25) is 4.99 Å². The van der Waals surface area contributed by atoms with Crippen molar-refractivity contribution in [2.45, 2.75) is 30.6 Å². The first-order chi connectivity index (χ1) is 9.90. The van der Waals surface area contributed by atoms with Gasteiger partial charge in [-0.05, 0) is 25.3 Å². The lowest BCUT2D eigenvalue weighted by Gasteiger charge is -2.18. The quantitative estimate of drug-likeness (QED) is 0.443. The lowest BCUT2D eigenvalue weighted by atomic mass is 10.1. The van der Waals surface area contributed by atoms with Gasteiger partial charge in [-0.15, -0.1) is 0 Å². The third-order valence-corrected chi connectivity index (χ3v) is 4.03. The summed E-state index contributed by atoms with van der Waals surface area (Å²) >= 11 is 1.46. The van der Waals surface area contributed by atoms with Crippen LogP contribution in [0.3, 0.4) is 0 Å². The highest BCUT2D eigenvalue weighted by atomic mass is 32.2. The third-order valence-electron chi connectivity index (χ3n) is 3.18. The van der Waals surface area contributed by atoms with Crippen LogP contribution in [0.4, 0.5) is 0 Å². The Hall–Kier alpha value is -1.26. The first-order valence-corrected chi connectivity index (χ1v) is 7.86. The lowest BCUT2D eigenvalue weighted by Crippen LogP contribution is -2.20. The molecule has 0 aromatic rings. The smallest absolute Gasteiger partial charge is 0.0855 e. The van der Waals surface area contributed by atoms with Gasteiger partial charge >= 0.3 is 0 Å². The van der Waals surface area contributed by atoms with E-state index in [2.05, 4.69) is 40.7 Å². The molecule has 0 saturated heterocycles. The van der Waals surface area contributed by atoms with Crippen LogP contribution in [0.2, 0.25) is 0 Å². The number of rotatable bonds is 7. The van der Waals surface area contributed by atoms with Gasteiger partial charge in [-0.2, -0.15) is 0 Å². The largest absolute Gasteiger partial charge is 0.388 e. The standard InChI is InChI=1S/C16H22N2OS/c1-19-20-16-11-6-5-10-15(16)18-13-7-12-17-14-8-3-2-4-9-14/h2-3,5-6,8,10-11,13,15-17H,4,7,9,12H2,1H3. The van der Waals surface area contributed by atoms with Crippen molar-refractivity contribution in [1.82, 2.24) is 5.32 Å². The van der Waals surface area contributed by atoms with Crippen molar-refractivity contribution in [2.24, 2.45) is 4.99 Å². The summed E-state index contributed by atoms with van der Waals surface area (Å²) < 4.78 is 5.15. The summed E-state index contributed by atoms with van der Waals surface area (Å²) in [4.78, 5) is 4.63. The predicted molar refractivity (Wildman–Crippen MR) is 88.0 cm³/mol. The first-order valence-electron chi connectivity index (χ1n) is 7.06. The topological polar surface area (TPSA) is 33.6 Å².